The summed E-state index contributed by atoms with van der Waals surface area (Å²) < 4.78 is 0. The molecule has 0 unspecified atom stereocenters. The predicted octanol–water partition coefficient (Wildman–Crippen LogP) is 0.857. The van der Waals surface area contributed by atoms with Crippen molar-refractivity contribution in [3.63, 3.8) is 0 Å². The Morgan fingerprint density at radius 1 is 0.619 bits per heavy atom. The topological polar surface area (TPSA) is 159 Å². The second-order valence-corrected chi connectivity index (χ2v) is 4.17. The molecule has 8 nitrogen and oxygen atoms in total. The second kappa shape index (κ2) is 4.67. The van der Waals surface area contributed by atoms with Crippen molar-refractivity contribution in [3.8, 4) is 40.2 Å². The zero-order valence-corrected chi connectivity index (χ0v) is 10.3. The lowest BCUT2D eigenvalue weighted by Gasteiger charge is -2.11. The third-order valence-electron chi connectivity index (χ3n) is 2.80. The number of carbonyl (C=O) groups excluding carboxylic acids is 1. The van der Waals surface area contributed by atoms with E-state index in [2.05, 4.69) is 0 Å². The van der Waals surface area contributed by atoms with Crippen molar-refractivity contribution >= 4 is 5.78 Å². The molecule has 0 spiro atoms. The molecule has 7 N–H and O–H groups in total. The molecule has 110 valence electrons. The van der Waals surface area contributed by atoms with Crippen LogP contribution in [-0.4, -0.2) is 41.5 Å². The SMILES string of the molecule is O=C(c1cc(O)c(O)cc1O)c1c(O)c(O)cc(O)c1O. The molecule has 2 aromatic rings. The van der Waals surface area contributed by atoms with E-state index in [1.54, 1.807) is 0 Å². The number of aromatic hydroxyl groups is 7. The molecule has 0 atom stereocenters. The van der Waals surface area contributed by atoms with E-state index in [4.69, 9.17) is 0 Å². The van der Waals surface area contributed by atoms with Gasteiger partial charge in [-0.3, -0.25) is 4.79 Å². The minimum atomic E-state index is -1.19. The summed E-state index contributed by atoms with van der Waals surface area (Å²) in [5.41, 5.74) is -1.44. The lowest BCUT2D eigenvalue weighted by atomic mass is 9.99. The van der Waals surface area contributed by atoms with Gasteiger partial charge in [-0.1, -0.05) is 0 Å². The van der Waals surface area contributed by atoms with Crippen LogP contribution in [0.25, 0.3) is 0 Å². The summed E-state index contributed by atoms with van der Waals surface area (Å²) in [5.74, 6) is -7.09. The molecular weight excluding hydrogens is 284 g/mol. The van der Waals surface area contributed by atoms with E-state index in [0.717, 1.165) is 0 Å². The van der Waals surface area contributed by atoms with E-state index in [1.165, 1.54) is 0 Å². The molecule has 0 heterocycles. The van der Waals surface area contributed by atoms with E-state index < -0.39 is 57.2 Å². The number of hydrogen-bond donors (Lipinski definition) is 7. The Balaban J connectivity index is 2.69. The van der Waals surface area contributed by atoms with Crippen LogP contribution in [0.15, 0.2) is 18.2 Å². The van der Waals surface area contributed by atoms with E-state index in [-0.39, 0.29) is 0 Å². The molecule has 0 fully saturated rings. The molecule has 0 aliphatic heterocycles. The summed E-state index contributed by atoms with van der Waals surface area (Å²) in [5, 5.41) is 66.0. The largest absolute Gasteiger partial charge is 0.507 e. The highest BCUT2D eigenvalue weighted by Gasteiger charge is 2.26. The number of carbonyl (C=O) groups is 1. The molecule has 21 heavy (non-hydrogen) atoms. The van der Waals surface area contributed by atoms with Gasteiger partial charge >= 0.3 is 0 Å². The maximum Gasteiger partial charge on any atom is 0.204 e. The number of hydrogen-bond acceptors (Lipinski definition) is 8. The van der Waals surface area contributed by atoms with Crippen LogP contribution in [0.3, 0.4) is 0 Å². The molecule has 0 aliphatic rings. The standard InChI is InChI=1S/C13H10O8/c14-5-2-7(16)6(15)1-4(5)11(19)10-12(20)8(17)3-9(18)13(10)21/h1-3,14-18,20-21H. The fourth-order valence-corrected chi connectivity index (χ4v) is 1.73. The number of phenolic OH excluding ortho intramolecular Hbond substituents is 7. The zero-order valence-electron chi connectivity index (χ0n) is 10.3. The fraction of sp³-hybridized carbons (Fsp3) is 0. The Hall–Kier alpha value is -3.29. The quantitative estimate of drug-likeness (QED) is 0.244. The van der Waals surface area contributed by atoms with Crippen molar-refractivity contribution in [2.75, 3.05) is 0 Å². The average molecular weight is 294 g/mol. The minimum Gasteiger partial charge on any atom is -0.507 e. The van der Waals surface area contributed by atoms with Crippen LogP contribution in [0.1, 0.15) is 15.9 Å². The van der Waals surface area contributed by atoms with Crippen LogP contribution in [0.2, 0.25) is 0 Å². The summed E-state index contributed by atoms with van der Waals surface area (Å²) in [6.45, 7) is 0. The van der Waals surface area contributed by atoms with Gasteiger partial charge in [-0.25, -0.2) is 0 Å². The summed E-state index contributed by atoms with van der Waals surface area (Å²) >= 11 is 0. The van der Waals surface area contributed by atoms with Gasteiger partial charge in [-0.05, 0) is 6.07 Å². The maximum absolute atomic E-state index is 12.2. The van der Waals surface area contributed by atoms with Gasteiger partial charge in [0.25, 0.3) is 0 Å². The molecule has 0 amide bonds. The monoisotopic (exact) mass is 294 g/mol. The lowest BCUT2D eigenvalue weighted by Crippen LogP contribution is -2.03. The highest BCUT2D eigenvalue weighted by atomic mass is 16.3. The van der Waals surface area contributed by atoms with Gasteiger partial charge in [-0.2, -0.15) is 0 Å². The maximum atomic E-state index is 12.2. The summed E-state index contributed by atoms with van der Waals surface area (Å²) in [6, 6.07) is 2.00. The number of ketones is 1. The summed E-state index contributed by atoms with van der Waals surface area (Å²) in [7, 11) is 0. The van der Waals surface area contributed by atoms with Crippen molar-refractivity contribution in [1.82, 2.24) is 0 Å². The number of benzene rings is 2. The van der Waals surface area contributed by atoms with Gasteiger partial charge in [0, 0.05) is 12.1 Å². The van der Waals surface area contributed by atoms with Crippen LogP contribution < -0.4 is 0 Å². The van der Waals surface area contributed by atoms with E-state index >= 15 is 0 Å². The van der Waals surface area contributed by atoms with Crippen molar-refractivity contribution < 1.29 is 40.5 Å². The Morgan fingerprint density at radius 3 is 1.57 bits per heavy atom. The molecule has 0 saturated heterocycles. The Labute approximate surface area is 117 Å². The van der Waals surface area contributed by atoms with Gasteiger partial charge in [0.1, 0.15) is 11.3 Å². The van der Waals surface area contributed by atoms with Crippen LogP contribution in [0.4, 0.5) is 0 Å². The first kappa shape index (κ1) is 14.1. The van der Waals surface area contributed by atoms with Crippen molar-refractivity contribution in [2.45, 2.75) is 0 Å². The highest BCUT2D eigenvalue weighted by Crippen LogP contribution is 2.44. The van der Waals surface area contributed by atoms with Crippen LogP contribution in [0, 0.1) is 0 Å². The number of phenols is 7. The second-order valence-electron chi connectivity index (χ2n) is 4.17. The molecule has 0 saturated carbocycles. The van der Waals surface area contributed by atoms with E-state index in [9.17, 15) is 40.5 Å². The van der Waals surface area contributed by atoms with E-state index in [1.807, 2.05) is 0 Å². The first-order valence-corrected chi connectivity index (χ1v) is 5.50. The summed E-state index contributed by atoms with van der Waals surface area (Å²) in [6.07, 6.45) is 0. The smallest absolute Gasteiger partial charge is 0.204 e. The third-order valence-corrected chi connectivity index (χ3v) is 2.80. The fourth-order valence-electron chi connectivity index (χ4n) is 1.73. The van der Waals surface area contributed by atoms with Gasteiger partial charge in [-0.15, -0.1) is 0 Å². The molecule has 2 rings (SSSR count). The molecule has 0 bridgehead atoms. The molecule has 8 heteroatoms. The molecule has 2 aromatic carbocycles. The summed E-state index contributed by atoms with van der Waals surface area (Å²) in [4.78, 5) is 12.2. The number of rotatable bonds is 2. The highest BCUT2D eigenvalue weighted by molar-refractivity contribution is 6.15. The molecular formula is C13H10O8. The van der Waals surface area contributed by atoms with Crippen molar-refractivity contribution in [2.24, 2.45) is 0 Å². The van der Waals surface area contributed by atoms with Crippen LogP contribution in [-0.2, 0) is 0 Å². The first-order valence-electron chi connectivity index (χ1n) is 5.50. The molecule has 0 aliphatic carbocycles. The first-order chi connectivity index (χ1) is 9.73. The van der Waals surface area contributed by atoms with Gasteiger partial charge < -0.3 is 35.7 Å². The van der Waals surface area contributed by atoms with Crippen molar-refractivity contribution in [1.29, 1.82) is 0 Å². The average Bonchev–Trinajstić information content (AvgIpc) is 2.40. The Bertz CT molecular complexity index is 724. The van der Waals surface area contributed by atoms with Gasteiger partial charge in [0.15, 0.2) is 34.5 Å². The van der Waals surface area contributed by atoms with Crippen LogP contribution >= 0.6 is 0 Å². The predicted molar refractivity (Wildman–Crippen MR) is 68.0 cm³/mol. The lowest BCUT2D eigenvalue weighted by molar-refractivity contribution is 0.102. The Kier molecular flexibility index (Phi) is 3.14. The molecule has 0 radical (unpaired) electrons. The van der Waals surface area contributed by atoms with E-state index in [0.29, 0.717) is 18.2 Å². The third kappa shape index (κ3) is 2.18. The van der Waals surface area contributed by atoms with Crippen molar-refractivity contribution in [3.05, 3.63) is 29.3 Å². The van der Waals surface area contributed by atoms with Gasteiger partial charge in [0.2, 0.25) is 5.78 Å². The minimum absolute atomic E-state index is 0.569. The zero-order chi connectivity index (χ0) is 15.9. The normalized spacial score (nSPS) is 10.5. The Morgan fingerprint density at radius 2 is 1.05 bits per heavy atom. The van der Waals surface area contributed by atoms with Crippen LogP contribution in [0.5, 0.6) is 40.2 Å². The molecule has 0 aromatic heterocycles. The van der Waals surface area contributed by atoms with Gasteiger partial charge in [0.05, 0.1) is 5.56 Å².